The van der Waals surface area contributed by atoms with Gasteiger partial charge >= 0.3 is 0 Å². The molecular formula is C22H33N3O2. The van der Waals surface area contributed by atoms with E-state index in [9.17, 15) is 5.11 Å². The third-order valence-electron chi connectivity index (χ3n) is 6.62. The summed E-state index contributed by atoms with van der Waals surface area (Å²) in [5.74, 6) is 0.907. The van der Waals surface area contributed by atoms with E-state index in [-0.39, 0.29) is 6.61 Å². The Morgan fingerprint density at radius 2 is 2.04 bits per heavy atom. The zero-order chi connectivity index (χ0) is 18.8. The molecule has 0 bridgehead atoms. The summed E-state index contributed by atoms with van der Waals surface area (Å²) in [6.45, 7) is 6.72. The van der Waals surface area contributed by atoms with Crippen LogP contribution >= 0.6 is 0 Å². The number of nitrogens with zero attached hydrogens (tertiary/aromatic N) is 2. The molecule has 4 rings (SSSR count). The maximum absolute atomic E-state index is 9.58. The topological polar surface area (TPSA) is 51.7 Å². The molecule has 27 heavy (non-hydrogen) atoms. The SMILES string of the molecule is COc1ccc2[nH]c(CN3CCN(C4CCCC4)C(CCO)C3)c(C)c2c1. The Labute approximate surface area is 162 Å². The zero-order valence-electron chi connectivity index (χ0n) is 16.7. The minimum atomic E-state index is 0.285. The number of benzene rings is 1. The molecule has 1 unspecified atom stereocenters. The van der Waals surface area contributed by atoms with Gasteiger partial charge in [0.15, 0.2) is 0 Å². The van der Waals surface area contributed by atoms with Gasteiger partial charge in [-0.2, -0.15) is 0 Å². The number of aliphatic hydroxyl groups is 1. The summed E-state index contributed by atoms with van der Waals surface area (Å²) in [7, 11) is 1.72. The van der Waals surface area contributed by atoms with Crippen LogP contribution in [0.3, 0.4) is 0 Å². The van der Waals surface area contributed by atoms with E-state index in [1.807, 2.05) is 6.07 Å². The fraction of sp³-hybridized carbons (Fsp3) is 0.636. The number of rotatable bonds is 6. The van der Waals surface area contributed by atoms with Crippen LogP contribution in [0.2, 0.25) is 0 Å². The summed E-state index contributed by atoms with van der Waals surface area (Å²) in [6.07, 6.45) is 6.30. The van der Waals surface area contributed by atoms with Crippen LogP contribution in [-0.2, 0) is 6.54 Å². The Bertz CT molecular complexity index is 766. The van der Waals surface area contributed by atoms with Gasteiger partial charge in [-0.25, -0.2) is 0 Å². The zero-order valence-corrected chi connectivity index (χ0v) is 16.7. The monoisotopic (exact) mass is 371 g/mol. The maximum Gasteiger partial charge on any atom is 0.119 e. The quantitative estimate of drug-likeness (QED) is 0.818. The highest BCUT2D eigenvalue weighted by molar-refractivity contribution is 5.85. The van der Waals surface area contributed by atoms with Gasteiger partial charge in [0.2, 0.25) is 0 Å². The molecule has 0 amide bonds. The number of hydrogen-bond donors (Lipinski definition) is 2. The van der Waals surface area contributed by atoms with Crippen LogP contribution in [-0.4, -0.2) is 65.3 Å². The van der Waals surface area contributed by atoms with Crippen molar-refractivity contribution in [3.8, 4) is 5.75 Å². The predicted octanol–water partition coefficient (Wildman–Crippen LogP) is 3.30. The number of nitrogens with one attached hydrogen (secondary N) is 1. The Balaban J connectivity index is 1.48. The van der Waals surface area contributed by atoms with Crippen molar-refractivity contribution in [3.05, 3.63) is 29.5 Å². The number of aliphatic hydroxyl groups excluding tert-OH is 1. The van der Waals surface area contributed by atoms with E-state index in [1.54, 1.807) is 7.11 Å². The van der Waals surface area contributed by atoms with Crippen molar-refractivity contribution < 1.29 is 9.84 Å². The smallest absolute Gasteiger partial charge is 0.119 e. The van der Waals surface area contributed by atoms with Crippen LogP contribution in [0.15, 0.2) is 18.2 Å². The molecule has 5 nitrogen and oxygen atoms in total. The first kappa shape index (κ1) is 18.8. The number of aromatic nitrogens is 1. The molecule has 1 aromatic heterocycles. The minimum Gasteiger partial charge on any atom is -0.497 e. The molecule has 5 heteroatoms. The summed E-state index contributed by atoms with van der Waals surface area (Å²) in [5.41, 5.74) is 3.80. The van der Waals surface area contributed by atoms with Gasteiger partial charge in [0.1, 0.15) is 5.75 Å². The number of H-pyrrole nitrogens is 1. The van der Waals surface area contributed by atoms with Crippen LogP contribution in [0, 0.1) is 6.92 Å². The standard InChI is InChI=1S/C22H33N3O2/c1-16-20-13-19(27-2)7-8-21(20)23-22(16)15-24-10-11-25(17-5-3-4-6-17)18(14-24)9-12-26/h7-8,13,17-18,23,26H,3-6,9-12,14-15H2,1-2H3. The van der Waals surface area contributed by atoms with Crippen molar-refractivity contribution in [3.63, 3.8) is 0 Å². The average molecular weight is 372 g/mol. The lowest BCUT2D eigenvalue weighted by Gasteiger charge is -2.44. The predicted molar refractivity (Wildman–Crippen MR) is 109 cm³/mol. The second-order valence-electron chi connectivity index (χ2n) is 8.22. The third kappa shape index (κ3) is 3.86. The highest BCUT2D eigenvalue weighted by atomic mass is 16.5. The Kier molecular flexibility index (Phi) is 5.71. The first-order valence-electron chi connectivity index (χ1n) is 10.4. The summed E-state index contributed by atoms with van der Waals surface area (Å²) >= 11 is 0. The fourth-order valence-corrected chi connectivity index (χ4v) is 5.07. The molecule has 2 aliphatic rings. The summed E-state index contributed by atoms with van der Waals surface area (Å²) in [6, 6.07) is 7.47. The molecule has 2 heterocycles. The van der Waals surface area contributed by atoms with Crippen LogP contribution in [0.1, 0.15) is 43.4 Å². The number of fused-ring (bicyclic) bond motifs is 1. The molecule has 1 saturated heterocycles. The lowest BCUT2D eigenvalue weighted by Crippen LogP contribution is -2.56. The van der Waals surface area contributed by atoms with Gasteiger partial charge in [-0.05, 0) is 49.9 Å². The summed E-state index contributed by atoms with van der Waals surface area (Å²) < 4.78 is 5.38. The van der Waals surface area contributed by atoms with Crippen molar-refractivity contribution in [2.24, 2.45) is 0 Å². The van der Waals surface area contributed by atoms with Gasteiger partial charge in [0, 0.05) is 61.5 Å². The first-order chi connectivity index (χ1) is 13.2. The van der Waals surface area contributed by atoms with Gasteiger partial charge in [0.25, 0.3) is 0 Å². The number of aromatic amines is 1. The van der Waals surface area contributed by atoms with E-state index in [0.29, 0.717) is 6.04 Å². The van der Waals surface area contributed by atoms with E-state index < -0.39 is 0 Å². The molecule has 0 radical (unpaired) electrons. The van der Waals surface area contributed by atoms with Crippen LogP contribution in [0.5, 0.6) is 5.75 Å². The third-order valence-corrected chi connectivity index (χ3v) is 6.62. The molecule has 2 fully saturated rings. The second kappa shape index (κ2) is 8.21. The molecule has 1 aliphatic carbocycles. The van der Waals surface area contributed by atoms with E-state index in [4.69, 9.17) is 4.74 Å². The first-order valence-corrected chi connectivity index (χ1v) is 10.4. The summed E-state index contributed by atoms with van der Waals surface area (Å²) in [4.78, 5) is 8.87. The lowest BCUT2D eigenvalue weighted by atomic mass is 10.0. The Hall–Kier alpha value is -1.56. The molecule has 2 N–H and O–H groups in total. The largest absolute Gasteiger partial charge is 0.497 e. The number of hydrogen-bond acceptors (Lipinski definition) is 4. The van der Waals surface area contributed by atoms with Crippen molar-refractivity contribution >= 4 is 10.9 Å². The van der Waals surface area contributed by atoms with Gasteiger partial charge in [-0.1, -0.05) is 12.8 Å². The van der Waals surface area contributed by atoms with E-state index >= 15 is 0 Å². The van der Waals surface area contributed by atoms with Gasteiger partial charge in [-0.15, -0.1) is 0 Å². The van der Waals surface area contributed by atoms with E-state index in [0.717, 1.165) is 44.4 Å². The minimum absolute atomic E-state index is 0.285. The number of methoxy groups -OCH3 is 1. The fourth-order valence-electron chi connectivity index (χ4n) is 5.07. The maximum atomic E-state index is 9.58. The van der Waals surface area contributed by atoms with Gasteiger partial charge in [0.05, 0.1) is 7.11 Å². The highest BCUT2D eigenvalue weighted by Gasteiger charge is 2.33. The molecule has 1 atom stereocenters. The average Bonchev–Trinajstić information content (AvgIpc) is 3.31. The van der Waals surface area contributed by atoms with Crippen LogP contribution < -0.4 is 4.74 Å². The Morgan fingerprint density at radius 1 is 1.22 bits per heavy atom. The Morgan fingerprint density at radius 3 is 2.78 bits per heavy atom. The van der Waals surface area contributed by atoms with Gasteiger partial charge < -0.3 is 14.8 Å². The normalized spacial score (nSPS) is 22.7. The van der Waals surface area contributed by atoms with Crippen molar-refractivity contribution in [2.75, 3.05) is 33.4 Å². The molecule has 0 spiro atoms. The molecule has 1 aliphatic heterocycles. The molecule has 1 saturated carbocycles. The van der Waals surface area contributed by atoms with Crippen LogP contribution in [0.4, 0.5) is 0 Å². The van der Waals surface area contributed by atoms with Crippen molar-refractivity contribution in [2.45, 2.75) is 57.7 Å². The van der Waals surface area contributed by atoms with E-state index in [1.165, 1.54) is 47.8 Å². The van der Waals surface area contributed by atoms with E-state index in [2.05, 4.69) is 33.8 Å². The lowest BCUT2D eigenvalue weighted by molar-refractivity contribution is 0.0263. The molecule has 148 valence electrons. The number of aryl methyl sites for hydroxylation is 1. The summed E-state index contributed by atoms with van der Waals surface area (Å²) in [5, 5.41) is 10.8. The van der Waals surface area contributed by atoms with Gasteiger partial charge in [-0.3, -0.25) is 9.80 Å². The molecule has 1 aromatic carbocycles. The van der Waals surface area contributed by atoms with Crippen molar-refractivity contribution in [1.82, 2.24) is 14.8 Å². The molecule has 2 aromatic rings. The van der Waals surface area contributed by atoms with Crippen molar-refractivity contribution in [1.29, 1.82) is 0 Å². The number of ether oxygens (including phenoxy) is 1. The molecular weight excluding hydrogens is 338 g/mol. The van der Waals surface area contributed by atoms with Crippen LogP contribution in [0.25, 0.3) is 10.9 Å². The second-order valence-corrected chi connectivity index (χ2v) is 8.22. The number of piperazine rings is 1. The highest BCUT2D eigenvalue weighted by Crippen LogP contribution is 2.30.